The third-order valence-electron chi connectivity index (χ3n) is 3.08. The summed E-state index contributed by atoms with van der Waals surface area (Å²) in [5.74, 6) is 0.450. The molecule has 19 heavy (non-hydrogen) atoms. The normalized spacial score (nSPS) is 11.2. The highest BCUT2D eigenvalue weighted by Gasteiger charge is 2.17. The van der Waals surface area contributed by atoms with Gasteiger partial charge in [-0.25, -0.2) is 4.68 Å². The number of halogens is 1. The summed E-state index contributed by atoms with van der Waals surface area (Å²) < 4.78 is 4.39. The summed E-state index contributed by atoms with van der Waals surface area (Å²) in [6.07, 6.45) is 0.790. The van der Waals surface area contributed by atoms with Gasteiger partial charge in [0.1, 0.15) is 5.69 Å². The SMILES string of the molecule is CC(C)Cc1c(N)c(=O)n(-c2cccc(Br)c2)n1C. The maximum absolute atomic E-state index is 12.3. The molecule has 0 aliphatic heterocycles. The Morgan fingerprint density at radius 3 is 2.63 bits per heavy atom. The molecule has 0 aliphatic rings. The number of rotatable bonds is 3. The lowest BCUT2D eigenvalue weighted by atomic mass is 10.1. The molecule has 1 heterocycles. The van der Waals surface area contributed by atoms with Crippen molar-refractivity contribution in [1.82, 2.24) is 9.36 Å². The monoisotopic (exact) mass is 323 g/mol. The summed E-state index contributed by atoms with van der Waals surface area (Å²) in [6, 6.07) is 7.62. The molecule has 0 saturated carbocycles. The molecule has 5 heteroatoms. The molecule has 1 aromatic heterocycles. The summed E-state index contributed by atoms with van der Waals surface area (Å²) in [5, 5.41) is 0. The average molecular weight is 324 g/mol. The van der Waals surface area contributed by atoms with E-state index in [1.165, 1.54) is 0 Å². The molecule has 0 amide bonds. The first kappa shape index (κ1) is 13.9. The van der Waals surface area contributed by atoms with Crippen molar-refractivity contribution < 1.29 is 0 Å². The summed E-state index contributed by atoms with van der Waals surface area (Å²) in [6.45, 7) is 4.22. The zero-order valence-electron chi connectivity index (χ0n) is 11.4. The van der Waals surface area contributed by atoms with Gasteiger partial charge in [0.2, 0.25) is 0 Å². The molecule has 1 aromatic carbocycles. The van der Waals surface area contributed by atoms with Crippen LogP contribution in [0.25, 0.3) is 5.69 Å². The first-order chi connectivity index (χ1) is 8.91. The molecule has 2 rings (SSSR count). The molecule has 2 N–H and O–H groups in total. The minimum atomic E-state index is -0.156. The number of hydrogen-bond donors (Lipinski definition) is 1. The van der Waals surface area contributed by atoms with Gasteiger partial charge in [0, 0.05) is 11.5 Å². The van der Waals surface area contributed by atoms with Crippen LogP contribution < -0.4 is 11.3 Å². The smallest absolute Gasteiger partial charge is 0.294 e. The molecule has 0 bridgehead atoms. The van der Waals surface area contributed by atoms with Crippen LogP contribution >= 0.6 is 15.9 Å². The van der Waals surface area contributed by atoms with E-state index in [1.807, 2.05) is 36.0 Å². The van der Waals surface area contributed by atoms with Gasteiger partial charge in [0.15, 0.2) is 0 Å². The van der Waals surface area contributed by atoms with E-state index >= 15 is 0 Å². The van der Waals surface area contributed by atoms with Crippen LogP contribution in [0.3, 0.4) is 0 Å². The van der Waals surface area contributed by atoms with Crippen LogP contribution in [0.4, 0.5) is 5.69 Å². The van der Waals surface area contributed by atoms with Crippen molar-refractivity contribution in [1.29, 1.82) is 0 Å². The Labute approximate surface area is 120 Å². The van der Waals surface area contributed by atoms with Crippen molar-refractivity contribution in [2.24, 2.45) is 13.0 Å². The maximum Gasteiger partial charge on any atom is 0.294 e. The molecule has 4 nitrogen and oxygen atoms in total. The van der Waals surface area contributed by atoms with Gasteiger partial charge in [-0.1, -0.05) is 35.8 Å². The molecule has 0 saturated heterocycles. The first-order valence-corrected chi connectivity index (χ1v) is 7.03. The minimum absolute atomic E-state index is 0.156. The minimum Gasteiger partial charge on any atom is -0.393 e. The van der Waals surface area contributed by atoms with Gasteiger partial charge >= 0.3 is 0 Å². The molecule has 0 unspecified atom stereocenters. The van der Waals surface area contributed by atoms with Crippen molar-refractivity contribution in [3.05, 3.63) is 44.8 Å². The number of anilines is 1. The van der Waals surface area contributed by atoms with Gasteiger partial charge in [0.05, 0.1) is 11.4 Å². The van der Waals surface area contributed by atoms with E-state index in [2.05, 4.69) is 29.8 Å². The lowest BCUT2D eigenvalue weighted by Gasteiger charge is -2.11. The molecular weight excluding hydrogens is 306 g/mol. The summed E-state index contributed by atoms with van der Waals surface area (Å²) in [5.41, 5.74) is 7.85. The third kappa shape index (κ3) is 2.61. The van der Waals surface area contributed by atoms with Crippen molar-refractivity contribution in [3.63, 3.8) is 0 Å². The molecular formula is C14H18BrN3O. The Balaban J connectivity index is 2.62. The predicted molar refractivity (Wildman–Crippen MR) is 81.7 cm³/mol. The topological polar surface area (TPSA) is 53.0 Å². The van der Waals surface area contributed by atoms with E-state index in [1.54, 1.807) is 4.68 Å². The van der Waals surface area contributed by atoms with Crippen LogP contribution in [0.5, 0.6) is 0 Å². The van der Waals surface area contributed by atoms with Gasteiger partial charge in [-0.3, -0.25) is 9.48 Å². The number of nitrogens with two attached hydrogens (primary N) is 1. The highest BCUT2D eigenvalue weighted by atomic mass is 79.9. The van der Waals surface area contributed by atoms with Crippen LogP contribution in [0.15, 0.2) is 33.5 Å². The van der Waals surface area contributed by atoms with E-state index < -0.39 is 0 Å². The van der Waals surface area contributed by atoms with Crippen molar-refractivity contribution in [2.75, 3.05) is 5.73 Å². The van der Waals surface area contributed by atoms with Crippen LogP contribution in [-0.4, -0.2) is 9.36 Å². The fourth-order valence-corrected chi connectivity index (χ4v) is 2.58. The number of aromatic nitrogens is 2. The molecule has 0 aliphatic carbocycles. The van der Waals surface area contributed by atoms with Crippen LogP contribution in [-0.2, 0) is 13.5 Å². The van der Waals surface area contributed by atoms with Crippen molar-refractivity contribution in [2.45, 2.75) is 20.3 Å². The quantitative estimate of drug-likeness (QED) is 0.944. The molecule has 102 valence electrons. The molecule has 0 radical (unpaired) electrons. The maximum atomic E-state index is 12.3. The fourth-order valence-electron chi connectivity index (χ4n) is 2.20. The molecule has 0 spiro atoms. The van der Waals surface area contributed by atoms with E-state index in [0.717, 1.165) is 22.3 Å². The predicted octanol–water partition coefficient (Wildman–Crippen LogP) is 2.72. The lowest BCUT2D eigenvalue weighted by Crippen LogP contribution is -2.20. The lowest BCUT2D eigenvalue weighted by molar-refractivity contribution is 0.563. The van der Waals surface area contributed by atoms with E-state index in [-0.39, 0.29) is 5.56 Å². The Hall–Kier alpha value is -1.49. The molecule has 0 atom stereocenters. The third-order valence-corrected chi connectivity index (χ3v) is 3.57. The largest absolute Gasteiger partial charge is 0.393 e. The Morgan fingerprint density at radius 2 is 2.05 bits per heavy atom. The standard InChI is InChI=1S/C14H18BrN3O/c1-9(2)7-12-13(16)14(19)18(17(12)3)11-6-4-5-10(15)8-11/h4-6,8-9H,7,16H2,1-3H3. The number of hydrogen-bond acceptors (Lipinski definition) is 2. The Bertz CT molecular complexity index is 655. The number of benzene rings is 1. The van der Waals surface area contributed by atoms with Crippen LogP contribution in [0.1, 0.15) is 19.5 Å². The second-order valence-electron chi connectivity index (χ2n) is 5.08. The summed E-state index contributed by atoms with van der Waals surface area (Å²) in [7, 11) is 1.87. The number of nitrogen functional groups attached to an aromatic ring is 1. The van der Waals surface area contributed by atoms with E-state index in [0.29, 0.717) is 11.6 Å². The summed E-state index contributed by atoms with van der Waals surface area (Å²) >= 11 is 3.42. The van der Waals surface area contributed by atoms with Gasteiger partial charge in [0.25, 0.3) is 5.56 Å². The second-order valence-corrected chi connectivity index (χ2v) is 5.99. The van der Waals surface area contributed by atoms with Crippen molar-refractivity contribution in [3.8, 4) is 5.69 Å². The molecule has 0 fully saturated rings. The average Bonchev–Trinajstić information content (AvgIpc) is 2.53. The zero-order valence-corrected chi connectivity index (χ0v) is 12.9. The highest BCUT2D eigenvalue weighted by Crippen LogP contribution is 2.18. The highest BCUT2D eigenvalue weighted by molar-refractivity contribution is 9.10. The van der Waals surface area contributed by atoms with Crippen LogP contribution in [0, 0.1) is 5.92 Å². The van der Waals surface area contributed by atoms with E-state index in [9.17, 15) is 4.79 Å². The first-order valence-electron chi connectivity index (χ1n) is 6.24. The van der Waals surface area contributed by atoms with Crippen molar-refractivity contribution >= 4 is 21.6 Å². The zero-order chi connectivity index (χ0) is 14.2. The van der Waals surface area contributed by atoms with E-state index in [4.69, 9.17) is 5.73 Å². The fraction of sp³-hybridized carbons (Fsp3) is 0.357. The van der Waals surface area contributed by atoms with Gasteiger partial charge < -0.3 is 5.73 Å². The number of nitrogens with zero attached hydrogens (tertiary/aromatic N) is 2. The van der Waals surface area contributed by atoms with Crippen LogP contribution in [0.2, 0.25) is 0 Å². The Kier molecular flexibility index (Phi) is 3.85. The molecule has 2 aromatic rings. The second kappa shape index (κ2) is 5.25. The summed E-state index contributed by atoms with van der Waals surface area (Å²) in [4.78, 5) is 12.3. The van der Waals surface area contributed by atoms with Gasteiger partial charge in [-0.15, -0.1) is 0 Å². The Morgan fingerprint density at radius 1 is 1.37 bits per heavy atom. The van der Waals surface area contributed by atoms with Gasteiger partial charge in [-0.2, -0.15) is 0 Å². The van der Waals surface area contributed by atoms with Gasteiger partial charge in [-0.05, 0) is 30.5 Å².